The fourth-order valence-electron chi connectivity index (χ4n) is 1.36. The van der Waals surface area contributed by atoms with Gasteiger partial charge in [-0.2, -0.15) is 0 Å². The Morgan fingerprint density at radius 1 is 1.36 bits per heavy atom. The lowest BCUT2D eigenvalue weighted by molar-refractivity contribution is -0.137. The normalized spacial score (nSPS) is 21.3. The molecule has 1 heterocycles. The Balaban J connectivity index is 0.00000169. The molecule has 0 spiro atoms. The second-order valence-corrected chi connectivity index (χ2v) is 3.34. The zero-order valence-corrected chi connectivity index (χ0v) is 8.53. The average Bonchev–Trinajstić information content (AvgIpc) is 2.02. The van der Waals surface area contributed by atoms with Gasteiger partial charge in [-0.25, -0.2) is 8.78 Å². The quantitative estimate of drug-likeness (QED) is 0.800. The number of carbonyl (C=O) groups is 1. The van der Waals surface area contributed by atoms with Crippen LogP contribution in [0.5, 0.6) is 0 Å². The van der Waals surface area contributed by atoms with E-state index in [0.717, 1.165) is 0 Å². The Kier molecular flexibility index (Phi) is 5.29. The van der Waals surface area contributed by atoms with Crippen LogP contribution < -0.4 is 0 Å². The van der Waals surface area contributed by atoms with Crippen molar-refractivity contribution in [2.75, 3.05) is 19.6 Å². The Morgan fingerprint density at radius 2 is 1.86 bits per heavy atom. The molecule has 0 radical (unpaired) electrons. The lowest BCUT2D eigenvalue weighted by Gasteiger charge is -2.31. The maximum absolute atomic E-state index is 12.6. The molecule has 1 aliphatic rings. The van der Waals surface area contributed by atoms with Crippen LogP contribution in [0.15, 0.2) is 0 Å². The zero-order chi connectivity index (χ0) is 9.90. The molecule has 1 aliphatic heterocycles. The van der Waals surface area contributed by atoms with Gasteiger partial charge in [-0.15, -0.1) is 12.4 Å². The maximum atomic E-state index is 12.6. The largest absolute Gasteiger partial charge is 0.481 e. The summed E-state index contributed by atoms with van der Waals surface area (Å²) < 4.78 is 25.3. The van der Waals surface area contributed by atoms with Gasteiger partial charge in [-0.1, -0.05) is 0 Å². The van der Waals surface area contributed by atoms with Crippen molar-refractivity contribution in [2.24, 2.45) is 0 Å². The van der Waals surface area contributed by atoms with Crippen molar-refractivity contribution in [2.45, 2.75) is 25.2 Å². The highest BCUT2D eigenvalue weighted by molar-refractivity contribution is 5.85. The molecule has 0 amide bonds. The monoisotopic (exact) mass is 229 g/mol. The summed E-state index contributed by atoms with van der Waals surface area (Å²) in [6.07, 6.45) is -0.259. The SMILES string of the molecule is Cl.O=C(O)CCN1CCC(F)(F)CC1. The van der Waals surface area contributed by atoms with Crippen molar-refractivity contribution >= 4 is 18.4 Å². The number of hydrogen-bond donors (Lipinski definition) is 1. The van der Waals surface area contributed by atoms with Crippen molar-refractivity contribution < 1.29 is 18.7 Å². The van der Waals surface area contributed by atoms with Crippen LogP contribution in [0.2, 0.25) is 0 Å². The molecule has 0 unspecified atom stereocenters. The molecule has 0 aromatic carbocycles. The van der Waals surface area contributed by atoms with Crippen molar-refractivity contribution in [1.82, 2.24) is 4.90 Å². The van der Waals surface area contributed by atoms with Gasteiger partial charge in [0.05, 0.1) is 6.42 Å². The van der Waals surface area contributed by atoms with E-state index in [-0.39, 0.29) is 31.7 Å². The molecule has 14 heavy (non-hydrogen) atoms. The van der Waals surface area contributed by atoms with E-state index < -0.39 is 11.9 Å². The molecule has 3 nitrogen and oxygen atoms in total. The Hall–Kier alpha value is -0.420. The number of carboxylic acid groups (broad SMARTS) is 1. The smallest absolute Gasteiger partial charge is 0.304 e. The summed E-state index contributed by atoms with van der Waals surface area (Å²) in [5.41, 5.74) is 0. The van der Waals surface area contributed by atoms with Crippen LogP contribution in [0, 0.1) is 0 Å². The van der Waals surface area contributed by atoms with Crippen LogP contribution in [0.1, 0.15) is 19.3 Å². The van der Waals surface area contributed by atoms with Gasteiger partial charge in [-0.05, 0) is 0 Å². The van der Waals surface area contributed by atoms with Gasteiger partial charge < -0.3 is 10.0 Å². The fraction of sp³-hybridized carbons (Fsp3) is 0.875. The van der Waals surface area contributed by atoms with Crippen LogP contribution in [0.25, 0.3) is 0 Å². The molecule has 1 fully saturated rings. The number of hydrogen-bond acceptors (Lipinski definition) is 2. The number of likely N-dealkylation sites (tertiary alicyclic amines) is 1. The summed E-state index contributed by atoms with van der Waals surface area (Å²) in [6, 6.07) is 0. The molecular weight excluding hydrogens is 216 g/mol. The van der Waals surface area contributed by atoms with E-state index in [9.17, 15) is 13.6 Å². The summed E-state index contributed by atoms with van der Waals surface area (Å²) in [5, 5.41) is 8.37. The molecule has 0 bridgehead atoms. The number of aliphatic carboxylic acids is 1. The molecule has 6 heteroatoms. The molecule has 0 aromatic rings. The highest BCUT2D eigenvalue weighted by atomic mass is 35.5. The van der Waals surface area contributed by atoms with E-state index in [2.05, 4.69) is 0 Å². The Bertz CT molecular complexity index is 192. The van der Waals surface area contributed by atoms with Crippen LogP contribution in [0.3, 0.4) is 0 Å². The Labute approximate surface area is 87.5 Å². The lowest BCUT2D eigenvalue weighted by atomic mass is 10.1. The predicted octanol–water partition coefficient (Wildman–Crippen LogP) is 1.61. The summed E-state index contributed by atoms with van der Waals surface area (Å²) >= 11 is 0. The standard InChI is InChI=1S/C8H13F2NO2.ClH/c9-8(10)2-5-11(6-3-8)4-1-7(12)13;/h1-6H2,(H,12,13);1H. The first-order valence-electron chi connectivity index (χ1n) is 4.32. The fourth-order valence-corrected chi connectivity index (χ4v) is 1.36. The third-order valence-electron chi connectivity index (χ3n) is 2.23. The minimum absolute atomic E-state index is 0. The first kappa shape index (κ1) is 13.6. The second kappa shape index (κ2) is 5.46. The van der Waals surface area contributed by atoms with Crippen LogP contribution in [-0.4, -0.2) is 41.5 Å². The minimum atomic E-state index is -2.54. The van der Waals surface area contributed by atoms with Crippen LogP contribution in [-0.2, 0) is 4.79 Å². The molecule has 1 rings (SSSR count). The summed E-state index contributed by atoms with van der Waals surface area (Å²) in [7, 11) is 0. The van der Waals surface area contributed by atoms with E-state index in [1.807, 2.05) is 0 Å². The van der Waals surface area contributed by atoms with E-state index in [1.165, 1.54) is 0 Å². The second-order valence-electron chi connectivity index (χ2n) is 3.34. The number of piperidine rings is 1. The number of halogens is 3. The predicted molar refractivity (Wildman–Crippen MR) is 50.1 cm³/mol. The summed E-state index contributed by atoms with van der Waals surface area (Å²) in [6.45, 7) is 0.992. The van der Waals surface area contributed by atoms with E-state index in [1.54, 1.807) is 4.90 Å². The number of rotatable bonds is 3. The maximum Gasteiger partial charge on any atom is 0.304 e. The molecule has 0 atom stereocenters. The molecule has 1 saturated heterocycles. The third-order valence-corrected chi connectivity index (χ3v) is 2.23. The number of alkyl halides is 2. The highest BCUT2D eigenvalue weighted by Gasteiger charge is 2.33. The molecule has 0 aromatic heterocycles. The van der Waals surface area contributed by atoms with Gasteiger partial charge in [-0.3, -0.25) is 4.79 Å². The van der Waals surface area contributed by atoms with Gasteiger partial charge in [0.25, 0.3) is 5.92 Å². The van der Waals surface area contributed by atoms with Crippen molar-refractivity contribution in [1.29, 1.82) is 0 Å². The van der Waals surface area contributed by atoms with E-state index >= 15 is 0 Å². The zero-order valence-electron chi connectivity index (χ0n) is 7.71. The van der Waals surface area contributed by atoms with Crippen LogP contribution >= 0.6 is 12.4 Å². The molecule has 0 aliphatic carbocycles. The molecule has 0 saturated carbocycles. The molecule has 1 N–H and O–H groups in total. The van der Waals surface area contributed by atoms with Crippen molar-refractivity contribution in [3.05, 3.63) is 0 Å². The van der Waals surface area contributed by atoms with Crippen molar-refractivity contribution in [3.8, 4) is 0 Å². The lowest BCUT2D eigenvalue weighted by Crippen LogP contribution is -2.40. The minimum Gasteiger partial charge on any atom is -0.481 e. The van der Waals surface area contributed by atoms with E-state index in [0.29, 0.717) is 19.6 Å². The first-order chi connectivity index (χ1) is 5.99. The van der Waals surface area contributed by atoms with Gasteiger partial charge in [0, 0.05) is 32.5 Å². The number of carboxylic acids is 1. The van der Waals surface area contributed by atoms with Gasteiger partial charge in [0.15, 0.2) is 0 Å². The number of nitrogens with zero attached hydrogens (tertiary/aromatic N) is 1. The first-order valence-corrected chi connectivity index (χ1v) is 4.32. The van der Waals surface area contributed by atoms with Crippen LogP contribution in [0.4, 0.5) is 8.78 Å². The summed E-state index contributed by atoms with van der Waals surface area (Å²) in [5.74, 6) is -3.42. The third kappa shape index (κ3) is 4.72. The van der Waals surface area contributed by atoms with Crippen molar-refractivity contribution in [3.63, 3.8) is 0 Å². The van der Waals surface area contributed by atoms with Gasteiger partial charge in [0.1, 0.15) is 0 Å². The topological polar surface area (TPSA) is 40.5 Å². The van der Waals surface area contributed by atoms with Gasteiger partial charge >= 0.3 is 5.97 Å². The average molecular weight is 230 g/mol. The highest BCUT2D eigenvalue weighted by Crippen LogP contribution is 2.27. The molecular formula is C8H14ClF2NO2. The Morgan fingerprint density at radius 3 is 2.29 bits per heavy atom. The summed E-state index contributed by atoms with van der Waals surface area (Å²) in [4.78, 5) is 12.0. The van der Waals surface area contributed by atoms with Gasteiger partial charge in [0.2, 0.25) is 0 Å². The van der Waals surface area contributed by atoms with E-state index in [4.69, 9.17) is 5.11 Å². The molecule has 84 valence electrons.